The van der Waals surface area contributed by atoms with Gasteiger partial charge in [0.2, 0.25) is 0 Å². The Morgan fingerprint density at radius 3 is 2.50 bits per heavy atom. The average molecular weight is 224 g/mol. The van der Waals surface area contributed by atoms with Crippen LogP contribution in [0.25, 0.3) is 0 Å². The van der Waals surface area contributed by atoms with Crippen molar-refractivity contribution in [3.8, 4) is 0 Å². The number of hydrogen-bond donors (Lipinski definition) is 1. The molecular weight excluding hydrogens is 200 g/mol. The van der Waals surface area contributed by atoms with Crippen molar-refractivity contribution in [2.75, 3.05) is 0 Å². The van der Waals surface area contributed by atoms with Crippen LogP contribution in [0.3, 0.4) is 0 Å². The summed E-state index contributed by atoms with van der Waals surface area (Å²) in [6, 6.07) is 0. The Bertz CT molecular complexity index is 237. The van der Waals surface area contributed by atoms with E-state index in [1.54, 1.807) is 0 Å². The Labute approximate surface area is 98.7 Å². The first-order chi connectivity index (χ1) is 7.74. The van der Waals surface area contributed by atoms with Gasteiger partial charge in [-0.15, -0.1) is 0 Å². The van der Waals surface area contributed by atoms with Crippen LogP contribution in [-0.4, -0.2) is 11.1 Å². The lowest BCUT2D eigenvalue weighted by molar-refractivity contribution is -0.132. The van der Waals surface area contributed by atoms with Gasteiger partial charge in [0.25, 0.3) is 0 Å². The number of carboxylic acids is 1. The zero-order chi connectivity index (χ0) is 11.8. The second-order valence-corrected chi connectivity index (χ2v) is 4.85. The highest BCUT2D eigenvalue weighted by atomic mass is 16.4. The van der Waals surface area contributed by atoms with E-state index in [1.165, 1.54) is 32.1 Å². The van der Waals surface area contributed by atoms with E-state index in [4.69, 9.17) is 5.11 Å². The fourth-order valence-corrected chi connectivity index (χ4v) is 2.41. The lowest BCUT2D eigenvalue weighted by Crippen LogP contribution is -2.08. The third-order valence-electron chi connectivity index (χ3n) is 3.41. The van der Waals surface area contributed by atoms with Crippen molar-refractivity contribution in [1.82, 2.24) is 0 Å². The maximum Gasteiger partial charge on any atom is 0.331 e. The fraction of sp³-hybridized carbons (Fsp3) is 0.786. The van der Waals surface area contributed by atoms with Gasteiger partial charge < -0.3 is 5.11 Å². The molecule has 0 aromatic carbocycles. The maximum absolute atomic E-state index is 11.1. The molecule has 0 aliphatic heterocycles. The molecule has 0 saturated heterocycles. The third-order valence-corrected chi connectivity index (χ3v) is 3.41. The number of rotatable bonds is 6. The van der Waals surface area contributed by atoms with Crippen LogP contribution in [-0.2, 0) is 4.79 Å². The molecule has 1 aliphatic rings. The van der Waals surface area contributed by atoms with Crippen molar-refractivity contribution >= 4 is 5.97 Å². The summed E-state index contributed by atoms with van der Waals surface area (Å²) in [4.78, 5) is 11.1. The minimum Gasteiger partial charge on any atom is -0.478 e. The molecule has 0 aromatic heterocycles. The molecule has 1 N–H and O–H groups in total. The van der Waals surface area contributed by atoms with Crippen LogP contribution >= 0.6 is 0 Å². The predicted molar refractivity (Wildman–Crippen MR) is 66.4 cm³/mol. The van der Waals surface area contributed by atoms with Crippen LogP contribution in [0.4, 0.5) is 0 Å². The van der Waals surface area contributed by atoms with Crippen LogP contribution in [0.5, 0.6) is 0 Å². The normalized spacial score (nSPS) is 18.7. The molecule has 0 radical (unpaired) electrons. The van der Waals surface area contributed by atoms with Crippen molar-refractivity contribution < 1.29 is 9.90 Å². The number of hydrogen-bond acceptors (Lipinski definition) is 1. The number of allylic oxidation sites excluding steroid dienone is 1. The van der Waals surface area contributed by atoms with Crippen molar-refractivity contribution in [3.05, 3.63) is 11.6 Å². The highest BCUT2D eigenvalue weighted by molar-refractivity contribution is 5.86. The summed E-state index contributed by atoms with van der Waals surface area (Å²) in [5, 5.41) is 9.13. The standard InChI is InChI=1S/C14H24O2/c1-2-3-5-10-13(14(15)16)11-12-8-6-4-7-9-12/h11-12H,2-10H2,1H3,(H,15,16). The van der Waals surface area contributed by atoms with E-state index in [0.29, 0.717) is 11.5 Å². The zero-order valence-corrected chi connectivity index (χ0v) is 10.4. The Hall–Kier alpha value is -0.790. The SMILES string of the molecule is CCCCCC(=CC1CCCCC1)C(=O)O. The number of aliphatic carboxylic acids is 1. The highest BCUT2D eigenvalue weighted by Gasteiger charge is 2.14. The van der Waals surface area contributed by atoms with Gasteiger partial charge in [0.05, 0.1) is 0 Å². The zero-order valence-electron chi connectivity index (χ0n) is 10.4. The number of unbranched alkanes of at least 4 members (excludes halogenated alkanes) is 2. The van der Waals surface area contributed by atoms with Crippen LogP contribution in [0.15, 0.2) is 11.6 Å². The van der Waals surface area contributed by atoms with Gasteiger partial charge in [-0.25, -0.2) is 4.79 Å². The minimum absolute atomic E-state index is 0.529. The third kappa shape index (κ3) is 4.82. The molecule has 1 fully saturated rings. The Morgan fingerprint density at radius 1 is 1.25 bits per heavy atom. The molecular formula is C14H24O2. The quantitative estimate of drug-likeness (QED) is 0.543. The van der Waals surface area contributed by atoms with Crippen LogP contribution in [0.2, 0.25) is 0 Å². The van der Waals surface area contributed by atoms with Crippen molar-refractivity contribution in [2.24, 2.45) is 5.92 Å². The second kappa shape index (κ2) is 7.48. The monoisotopic (exact) mass is 224 g/mol. The first-order valence-corrected chi connectivity index (χ1v) is 6.68. The van der Waals surface area contributed by atoms with Crippen LogP contribution < -0.4 is 0 Å². The average Bonchev–Trinajstić information content (AvgIpc) is 2.29. The summed E-state index contributed by atoms with van der Waals surface area (Å²) < 4.78 is 0. The summed E-state index contributed by atoms with van der Waals surface area (Å²) in [5.41, 5.74) is 0.653. The van der Waals surface area contributed by atoms with Gasteiger partial charge in [-0.05, 0) is 31.6 Å². The molecule has 0 unspecified atom stereocenters. The molecule has 1 aliphatic carbocycles. The Morgan fingerprint density at radius 2 is 1.94 bits per heavy atom. The molecule has 0 atom stereocenters. The van der Waals surface area contributed by atoms with E-state index in [2.05, 4.69) is 6.92 Å². The van der Waals surface area contributed by atoms with Gasteiger partial charge in [-0.1, -0.05) is 45.1 Å². The second-order valence-electron chi connectivity index (χ2n) is 4.85. The highest BCUT2D eigenvalue weighted by Crippen LogP contribution is 2.26. The summed E-state index contributed by atoms with van der Waals surface area (Å²) >= 11 is 0. The summed E-state index contributed by atoms with van der Waals surface area (Å²) in [6.07, 6.45) is 12.3. The molecule has 1 rings (SSSR count). The van der Waals surface area contributed by atoms with Gasteiger partial charge >= 0.3 is 5.97 Å². The van der Waals surface area contributed by atoms with Gasteiger partial charge in [0.15, 0.2) is 0 Å². The van der Waals surface area contributed by atoms with Crippen LogP contribution in [0, 0.1) is 5.92 Å². The van der Waals surface area contributed by atoms with E-state index in [1.807, 2.05) is 6.08 Å². The largest absolute Gasteiger partial charge is 0.478 e. The van der Waals surface area contributed by atoms with E-state index in [9.17, 15) is 4.79 Å². The molecule has 92 valence electrons. The molecule has 2 nitrogen and oxygen atoms in total. The lowest BCUT2D eigenvalue weighted by Gasteiger charge is -2.19. The van der Waals surface area contributed by atoms with Crippen LogP contribution in [0.1, 0.15) is 64.7 Å². The Balaban J connectivity index is 2.46. The number of carboxylic acid groups (broad SMARTS) is 1. The minimum atomic E-state index is -0.707. The molecule has 2 heteroatoms. The first kappa shape index (κ1) is 13.3. The van der Waals surface area contributed by atoms with Gasteiger partial charge in [-0.3, -0.25) is 0 Å². The summed E-state index contributed by atoms with van der Waals surface area (Å²) in [5.74, 6) is -0.178. The Kier molecular flexibility index (Phi) is 6.20. The molecule has 0 heterocycles. The van der Waals surface area contributed by atoms with Gasteiger partial charge in [0, 0.05) is 5.57 Å². The topological polar surface area (TPSA) is 37.3 Å². The predicted octanol–water partition coefficient (Wildman–Crippen LogP) is 4.16. The molecule has 0 bridgehead atoms. The van der Waals surface area contributed by atoms with Crippen molar-refractivity contribution in [1.29, 1.82) is 0 Å². The van der Waals surface area contributed by atoms with E-state index in [-0.39, 0.29) is 0 Å². The van der Waals surface area contributed by atoms with Gasteiger partial charge in [-0.2, -0.15) is 0 Å². The van der Waals surface area contributed by atoms with Gasteiger partial charge in [0.1, 0.15) is 0 Å². The molecule has 0 aromatic rings. The molecule has 0 amide bonds. The first-order valence-electron chi connectivity index (χ1n) is 6.68. The van der Waals surface area contributed by atoms with E-state index < -0.39 is 5.97 Å². The smallest absolute Gasteiger partial charge is 0.331 e. The summed E-state index contributed by atoms with van der Waals surface area (Å²) in [7, 11) is 0. The van der Waals surface area contributed by atoms with E-state index in [0.717, 1.165) is 25.7 Å². The fourth-order valence-electron chi connectivity index (χ4n) is 2.41. The van der Waals surface area contributed by atoms with E-state index >= 15 is 0 Å². The maximum atomic E-state index is 11.1. The van der Waals surface area contributed by atoms with Crippen molar-refractivity contribution in [2.45, 2.75) is 64.7 Å². The summed E-state index contributed by atoms with van der Waals surface area (Å²) in [6.45, 7) is 2.14. The molecule has 0 spiro atoms. The lowest BCUT2D eigenvalue weighted by atomic mass is 9.87. The van der Waals surface area contributed by atoms with Crippen molar-refractivity contribution in [3.63, 3.8) is 0 Å². The molecule has 1 saturated carbocycles. The molecule has 16 heavy (non-hydrogen) atoms. The number of carbonyl (C=O) groups is 1.